The van der Waals surface area contributed by atoms with E-state index in [-0.39, 0.29) is 12.0 Å². The van der Waals surface area contributed by atoms with E-state index in [0.29, 0.717) is 0 Å². The fourth-order valence-corrected chi connectivity index (χ4v) is 1.23. The highest BCUT2D eigenvalue weighted by atomic mass is 19.1. The number of aliphatic hydroxyl groups excluding tert-OH is 1. The second kappa shape index (κ2) is 4.49. The van der Waals surface area contributed by atoms with Crippen molar-refractivity contribution in [3.05, 3.63) is 34.9 Å². The molecule has 1 aromatic rings. The summed E-state index contributed by atoms with van der Waals surface area (Å²) in [5, 5.41) is 9.24. The molecular weight excluding hydrogens is 202 g/mol. The van der Waals surface area contributed by atoms with Gasteiger partial charge in [-0.3, -0.25) is 4.79 Å². The summed E-state index contributed by atoms with van der Waals surface area (Å²) in [7, 11) is 0. The second-order valence-corrected chi connectivity index (χ2v) is 3.34. The number of ketones is 1. The van der Waals surface area contributed by atoms with Gasteiger partial charge >= 0.3 is 0 Å². The SMILES string of the molecule is CCC(O)C(=O)c1c(F)ccc(C)c1F. The van der Waals surface area contributed by atoms with Gasteiger partial charge in [-0.15, -0.1) is 0 Å². The Labute approximate surface area is 86.5 Å². The predicted octanol–water partition coefficient (Wildman–Crippen LogP) is 2.23. The third-order valence-corrected chi connectivity index (χ3v) is 2.22. The highest BCUT2D eigenvalue weighted by Crippen LogP contribution is 2.18. The minimum atomic E-state index is -1.35. The number of rotatable bonds is 3. The first-order valence-electron chi connectivity index (χ1n) is 4.66. The normalized spacial score (nSPS) is 12.6. The van der Waals surface area contributed by atoms with Crippen molar-refractivity contribution in [3.63, 3.8) is 0 Å². The van der Waals surface area contributed by atoms with Crippen LogP contribution in [0.15, 0.2) is 12.1 Å². The molecule has 0 aromatic heterocycles. The third kappa shape index (κ3) is 2.21. The Bertz CT molecular complexity index is 388. The molecule has 0 saturated carbocycles. The van der Waals surface area contributed by atoms with Crippen LogP contribution in [-0.4, -0.2) is 17.0 Å². The average molecular weight is 214 g/mol. The number of carbonyl (C=O) groups is 1. The summed E-state index contributed by atoms with van der Waals surface area (Å²) in [4.78, 5) is 11.4. The number of aryl methyl sites for hydroxylation is 1. The summed E-state index contributed by atoms with van der Waals surface area (Å²) in [6, 6.07) is 2.27. The lowest BCUT2D eigenvalue weighted by Crippen LogP contribution is -2.22. The molecule has 0 aliphatic carbocycles. The van der Waals surface area contributed by atoms with E-state index in [2.05, 4.69) is 0 Å². The van der Waals surface area contributed by atoms with Gasteiger partial charge < -0.3 is 5.11 Å². The number of aliphatic hydroxyl groups is 1. The predicted molar refractivity (Wildman–Crippen MR) is 51.7 cm³/mol. The van der Waals surface area contributed by atoms with Crippen LogP contribution in [-0.2, 0) is 0 Å². The van der Waals surface area contributed by atoms with Gasteiger partial charge in [0.25, 0.3) is 0 Å². The lowest BCUT2D eigenvalue weighted by molar-refractivity contribution is 0.0731. The third-order valence-electron chi connectivity index (χ3n) is 2.22. The zero-order chi connectivity index (χ0) is 11.6. The molecule has 1 unspecified atom stereocenters. The quantitative estimate of drug-likeness (QED) is 0.783. The molecule has 82 valence electrons. The summed E-state index contributed by atoms with van der Waals surface area (Å²) in [5.74, 6) is -2.74. The summed E-state index contributed by atoms with van der Waals surface area (Å²) in [6.45, 7) is 3.00. The molecule has 0 saturated heterocycles. The van der Waals surface area contributed by atoms with Gasteiger partial charge in [0.15, 0.2) is 5.78 Å². The van der Waals surface area contributed by atoms with Gasteiger partial charge in [-0.2, -0.15) is 0 Å². The summed E-state index contributed by atoms with van der Waals surface area (Å²) < 4.78 is 26.6. The van der Waals surface area contributed by atoms with E-state index in [0.717, 1.165) is 6.07 Å². The van der Waals surface area contributed by atoms with Crippen molar-refractivity contribution in [2.75, 3.05) is 0 Å². The van der Waals surface area contributed by atoms with Crippen LogP contribution in [0.2, 0.25) is 0 Å². The van der Waals surface area contributed by atoms with Gasteiger partial charge in [0.2, 0.25) is 0 Å². The van der Waals surface area contributed by atoms with E-state index >= 15 is 0 Å². The number of Topliss-reactive ketones (excluding diaryl/α,β-unsaturated/α-hetero) is 1. The van der Waals surface area contributed by atoms with Gasteiger partial charge in [-0.05, 0) is 25.0 Å². The highest BCUT2D eigenvalue weighted by Gasteiger charge is 2.23. The smallest absolute Gasteiger partial charge is 0.197 e. The minimum absolute atomic E-state index is 0.131. The zero-order valence-corrected chi connectivity index (χ0v) is 8.55. The van der Waals surface area contributed by atoms with Crippen molar-refractivity contribution >= 4 is 5.78 Å². The summed E-state index contributed by atoms with van der Waals surface area (Å²) in [5.41, 5.74) is -0.465. The van der Waals surface area contributed by atoms with Gasteiger partial charge in [0.05, 0.1) is 5.56 Å². The van der Waals surface area contributed by atoms with Gasteiger partial charge in [0, 0.05) is 0 Å². The lowest BCUT2D eigenvalue weighted by atomic mass is 10.0. The number of hydrogen-bond donors (Lipinski definition) is 1. The summed E-state index contributed by atoms with van der Waals surface area (Å²) >= 11 is 0. The molecule has 2 nitrogen and oxygen atoms in total. The van der Waals surface area contributed by atoms with Crippen LogP contribution in [0.3, 0.4) is 0 Å². The zero-order valence-electron chi connectivity index (χ0n) is 8.55. The highest BCUT2D eigenvalue weighted by molar-refractivity contribution is 5.99. The van der Waals surface area contributed by atoms with Crippen LogP contribution in [0.4, 0.5) is 8.78 Å². The van der Waals surface area contributed by atoms with E-state index in [1.54, 1.807) is 6.92 Å². The Morgan fingerprint density at radius 1 is 1.47 bits per heavy atom. The molecule has 1 N–H and O–H groups in total. The Balaban J connectivity index is 3.24. The van der Waals surface area contributed by atoms with Gasteiger partial charge in [-0.1, -0.05) is 13.0 Å². The Hall–Kier alpha value is -1.29. The molecule has 0 spiro atoms. The van der Waals surface area contributed by atoms with Crippen molar-refractivity contribution in [2.24, 2.45) is 0 Å². The van der Waals surface area contributed by atoms with Crippen LogP contribution in [0.25, 0.3) is 0 Å². The standard InChI is InChI=1S/C11H12F2O2/c1-3-8(14)11(15)9-7(12)5-4-6(2)10(9)13/h4-5,8,14H,3H2,1-2H3. The average Bonchev–Trinajstić information content (AvgIpc) is 2.22. The Kier molecular flexibility index (Phi) is 3.52. The van der Waals surface area contributed by atoms with Crippen LogP contribution in [0.1, 0.15) is 29.3 Å². The van der Waals surface area contributed by atoms with Gasteiger partial charge in [0.1, 0.15) is 17.7 Å². The molecule has 15 heavy (non-hydrogen) atoms. The van der Waals surface area contributed by atoms with Crippen molar-refractivity contribution < 1.29 is 18.7 Å². The van der Waals surface area contributed by atoms with E-state index < -0.39 is 29.1 Å². The van der Waals surface area contributed by atoms with E-state index in [9.17, 15) is 18.7 Å². The molecule has 1 atom stereocenters. The summed E-state index contributed by atoms with van der Waals surface area (Å²) in [6.07, 6.45) is -1.22. The molecule has 1 rings (SSSR count). The van der Waals surface area contributed by atoms with Crippen molar-refractivity contribution in [2.45, 2.75) is 26.4 Å². The minimum Gasteiger partial charge on any atom is -0.385 e. The first-order chi connectivity index (χ1) is 6.99. The molecule has 1 aromatic carbocycles. The van der Waals surface area contributed by atoms with Gasteiger partial charge in [-0.25, -0.2) is 8.78 Å². The Morgan fingerprint density at radius 2 is 2.07 bits per heavy atom. The Morgan fingerprint density at radius 3 is 2.60 bits per heavy atom. The van der Waals surface area contributed by atoms with E-state index in [4.69, 9.17) is 0 Å². The molecule has 0 radical (unpaired) electrons. The first-order valence-corrected chi connectivity index (χ1v) is 4.66. The molecule has 4 heteroatoms. The largest absolute Gasteiger partial charge is 0.385 e. The number of halogens is 2. The van der Waals surface area contributed by atoms with Crippen molar-refractivity contribution in [1.82, 2.24) is 0 Å². The van der Waals surface area contributed by atoms with Crippen LogP contribution < -0.4 is 0 Å². The fourth-order valence-electron chi connectivity index (χ4n) is 1.23. The molecule has 0 heterocycles. The first kappa shape index (κ1) is 11.8. The number of carbonyl (C=O) groups excluding carboxylic acids is 1. The monoisotopic (exact) mass is 214 g/mol. The maximum absolute atomic E-state index is 13.4. The molecule has 0 aliphatic rings. The van der Waals surface area contributed by atoms with Crippen LogP contribution in [0, 0.1) is 18.6 Å². The number of hydrogen-bond acceptors (Lipinski definition) is 2. The van der Waals surface area contributed by atoms with Crippen LogP contribution >= 0.6 is 0 Å². The van der Waals surface area contributed by atoms with Crippen molar-refractivity contribution in [3.8, 4) is 0 Å². The molecule has 0 amide bonds. The molecule has 0 fully saturated rings. The lowest BCUT2D eigenvalue weighted by Gasteiger charge is -2.09. The second-order valence-electron chi connectivity index (χ2n) is 3.34. The number of benzene rings is 1. The fraction of sp³-hybridized carbons (Fsp3) is 0.364. The van der Waals surface area contributed by atoms with E-state index in [1.165, 1.54) is 13.0 Å². The van der Waals surface area contributed by atoms with Crippen molar-refractivity contribution in [1.29, 1.82) is 0 Å². The topological polar surface area (TPSA) is 37.3 Å². The molecular formula is C11H12F2O2. The van der Waals surface area contributed by atoms with Crippen LogP contribution in [0.5, 0.6) is 0 Å². The molecule has 0 aliphatic heterocycles. The maximum atomic E-state index is 13.4. The molecule has 0 bridgehead atoms. The van der Waals surface area contributed by atoms with E-state index in [1.807, 2.05) is 0 Å². The maximum Gasteiger partial charge on any atom is 0.197 e.